The molecule has 3 aliphatic rings. The fourth-order valence-electron chi connectivity index (χ4n) is 16.5. The van der Waals surface area contributed by atoms with Gasteiger partial charge >= 0.3 is 0 Å². The molecule has 15 rings (SSSR count). The zero-order chi connectivity index (χ0) is 98.7. The molecule has 0 unspecified atom stereocenters. The Labute approximate surface area is 800 Å². The van der Waals surface area contributed by atoms with Crippen LogP contribution in [0.3, 0.4) is 0 Å². The van der Waals surface area contributed by atoms with Crippen molar-refractivity contribution in [3.63, 3.8) is 0 Å². The molecule has 0 radical (unpaired) electrons. The van der Waals surface area contributed by atoms with Crippen molar-refractivity contribution in [2.75, 3.05) is 110 Å². The van der Waals surface area contributed by atoms with Crippen molar-refractivity contribution < 1.29 is 49.5 Å². The Bertz CT molecular complexity index is 6650. The van der Waals surface area contributed by atoms with Gasteiger partial charge in [0.25, 0.3) is 16.7 Å². The van der Waals surface area contributed by atoms with Crippen LogP contribution in [0.5, 0.6) is 0 Å². The number of hydrogen-bond acceptors (Lipinski definition) is 21. The summed E-state index contributed by atoms with van der Waals surface area (Å²) in [7, 11) is 0. The predicted molar refractivity (Wildman–Crippen MR) is 507 cm³/mol. The van der Waals surface area contributed by atoms with Gasteiger partial charge in [0, 0.05) is 113 Å². The summed E-state index contributed by atoms with van der Waals surface area (Å²) >= 11 is 43.7. The van der Waals surface area contributed by atoms with E-state index in [9.17, 15) is 57.7 Å². The van der Waals surface area contributed by atoms with Crippen LogP contribution in [0.4, 0.5) is 69.2 Å². The van der Waals surface area contributed by atoms with Crippen LogP contribution < -0.4 is 48.6 Å². The third-order valence-electron chi connectivity index (χ3n) is 23.2. The molecule has 6 N–H and O–H groups in total. The molecule has 3 amide bonds. The lowest BCUT2D eigenvalue weighted by atomic mass is 10.0. The van der Waals surface area contributed by atoms with Crippen molar-refractivity contribution >= 4 is 166 Å². The van der Waals surface area contributed by atoms with Crippen molar-refractivity contribution in [3.05, 3.63) is 256 Å². The summed E-state index contributed by atoms with van der Waals surface area (Å²) in [6, 6.07) is 15.2. The maximum absolute atomic E-state index is 15.6. The summed E-state index contributed by atoms with van der Waals surface area (Å²) in [5.74, 6) is -13.1. The van der Waals surface area contributed by atoms with Gasteiger partial charge in [-0.1, -0.05) is 142 Å². The van der Waals surface area contributed by atoms with Gasteiger partial charge in [0.05, 0.1) is 121 Å². The number of nitriles is 3. The summed E-state index contributed by atoms with van der Waals surface area (Å²) in [5.41, 5.74) is 12.5. The first-order valence-electron chi connectivity index (χ1n) is 41.3. The molecule has 0 bridgehead atoms. The zero-order valence-corrected chi connectivity index (χ0v) is 78.5. The molecule has 3 saturated heterocycles. The van der Waals surface area contributed by atoms with Gasteiger partial charge in [0.15, 0.2) is 46.5 Å². The van der Waals surface area contributed by atoms with Crippen molar-refractivity contribution in [1.82, 2.24) is 58.3 Å². The number of pyridine rings is 9. The highest BCUT2D eigenvalue weighted by atomic mass is 35.5. The number of carbonyl (C=O) groups excluding carboxylic acids is 3. The van der Waals surface area contributed by atoms with E-state index in [1.54, 1.807) is 87.0 Å². The molecule has 12 aromatic rings. The minimum Gasteiger partial charge on any atom is -0.395 e. The first-order chi connectivity index (χ1) is 64.0. The van der Waals surface area contributed by atoms with Crippen molar-refractivity contribution in [2.45, 2.75) is 80.1 Å². The standard InChI is InChI=1S/C31H26Cl3F2N7O2.2C31H26Cl2F3N7O2/c1-5-19(44)41-8-10-42(11-9-41)29-16-12-18(32)27(20-21(33)22(34)24(36)25(38)23(20)35)40-30(16)43(31(45)17(29)13-37)28-15(4)6-7-39-26(28)14(2)3;2*1-5-19(44)41-8-10-42(11-9-41)29-16-12-18(32)27(20-22(34)24(36)21(33)25(38)23(20)35)40-30(16)43(31(45)17(29)13-37)28-15(4)6-7-39-26(28)14(2)3/h3*5-7,12,14H,1,8-11,38H2,2-4H3. The highest BCUT2D eigenvalue weighted by molar-refractivity contribution is 6.45. The van der Waals surface area contributed by atoms with E-state index in [2.05, 4.69) is 55.7 Å². The van der Waals surface area contributed by atoms with E-state index >= 15 is 22.0 Å². The number of hydrogen-bond donors (Lipinski definition) is 3. The normalized spacial score (nSPS) is 13.4. The summed E-state index contributed by atoms with van der Waals surface area (Å²) in [6.45, 7) is 30.2. The zero-order valence-electron chi connectivity index (χ0n) is 73.2. The largest absolute Gasteiger partial charge is 0.395 e. The SMILES string of the molecule is C=CC(=O)N1CCN(c2c(C#N)c(=O)n(-c3c(C)ccnc3C(C)C)c3nc(-c4c(F)c(N)c(Cl)c(F)c4F)c(Cl)cc23)CC1.C=CC(=O)N1CCN(c2c(C#N)c(=O)n(-c3c(C)ccnc3C(C)C)c3nc(-c4c(F)c(N)c(Cl)c(F)c4F)c(Cl)cc23)CC1.C=CC(=O)N1CCN(c2c(C#N)c(=O)n(-c3c(C)ccnc3C(C)C)c3nc(-c4c(F)c(N)c(F)c(Cl)c4Cl)c(Cl)cc23)CC1. The average Bonchev–Trinajstić information content (AvgIpc) is 0.728. The minimum absolute atomic E-state index is 0.00508. The lowest BCUT2D eigenvalue weighted by Crippen LogP contribution is -2.49. The summed E-state index contributed by atoms with van der Waals surface area (Å²) in [4.78, 5) is 117. The minimum atomic E-state index is -1.67. The molecule has 27 nitrogen and oxygen atoms in total. The van der Waals surface area contributed by atoms with E-state index in [1.165, 1.54) is 41.0 Å². The summed E-state index contributed by atoms with van der Waals surface area (Å²) in [5, 5.41) is 28.0. The van der Waals surface area contributed by atoms with Crippen LogP contribution in [0.2, 0.25) is 35.2 Å². The maximum atomic E-state index is 15.6. The molecule has 12 heterocycles. The lowest BCUT2D eigenvalue weighted by molar-refractivity contribution is -0.127. The number of nitrogens with two attached hydrogens (primary N) is 3. The van der Waals surface area contributed by atoms with Gasteiger partial charge in [-0.3, -0.25) is 57.4 Å². The molecule has 3 aromatic carbocycles. The van der Waals surface area contributed by atoms with Crippen LogP contribution in [0.25, 0.3) is 83.9 Å². The smallest absolute Gasteiger partial charge is 0.276 e. The topological polar surface area (TPSA) is 363 Å². The number of nitrogens with zero attached hydrogens (tertiary/aromatic N) is 18. The molecule has 0 saturated carbocycles. The summed E-state index contributed by atoms with van der Waals surface area (Å²) < 4.78 is 125. The molecule has 9 aromatic heterocycles. The Morgan fingerprint density at radius 3 is 0.889 bits per heavy atom. The molecule has 3 fully saturated rings. The van der Waals surface area contributed by atoms with E-state index in [4.69, 9.17) is 98.4 Å². The average molecular weight is 1990 g/mol. The van der Waals surface area contributed by atoms with Gasteiger partial charge in [-0.25, -0.2) is 50.1 Å². The highest BCUT2D eigenvalue weighted by Gasteiger charge is 2.38. The van der Waals surface area contributed by atoms with Crippen LogP contribution in [-0.4, -0.2) is 155 Å². The second-order valence-electron chi connectivity index (χ2n) is 32.2. The molecule has 0 atom stereocenters. The number of carbonyl (C=O) groups is 3. The van der Waals surface area contributed by atoms with Crippen LogP contribution in [0.1, 0.15) is 110 Å². The number of piperazine rings is 3. The second-order valence-corrected chi connectivity index (χ2v) is 35.0. The number of rotatable bonds is 15. The second kappa shape index (κ2) is 39.6. The number of benzene rings is 3. The molecule has 0 aliphatic carbocycles. The Balaban J connectivity index is 0.000000171. The first-order valence-corrected chi connectivity index (χ1v) is 43.9. The van der Waals surface area contributed by atoms with Gasteiger partial charge < -0.3 is 46.6 Å². The van der Waals surface area contributed by atoms with Gasteiger partial charge in [0.2, 0.25) is 17.7 Å². The third-order valence-corrected chi connectivity index (χ3v) is 25.6. The number of fused-ring (bicyclic) bond motifs is 3. The van der Waals surface area contributed by atoms with Gasteiger partial charge in [-0.05, 0) is 110 Å². The van der Waals surface area contributed by atoms with Crippen LogP contribution in [-0.2, 0) is 14.4 Å². The van der Waals surface area contributed by atoms with E-state index < -0.39 is 128 Å². The quantitative estimate of drug-likeness (QED) is 0.0282. The monoisotopic (exact) mass is 1980 g/mol. The molecule has 42 heteroatoms. The Hall–Kier alpha value is -13.4. The van der Waals surface area contributed by atoms with Crippen LogP contribution >= 0.6 is 81.2 Å². The highest BCUT2D eigenvalue weighted by Crippen LogP contribution is 2.49. The van der Waals surface area contributed by atoms with Gasteiger partial charge in [0.1, 0.15) is 67.6 Å². The Kier molecular flexibility index (Phi) is 29.1. The number of anilines is 6. The Morgan fingerprint density at radius 1 is 0.378 bits per heavy atom. The number of nitrogen functional groups attached to an aromatic ring is 3. The molecular weight excluding hydrogens is 1910 g/mol. The van der Waals surface area contributed by atoms with E-state index in [0.29, 0.717) is 69.3 Å². The van der Waals surface area contributed by atoms with Crippen molar-refractivity contribution in [3.8, 4) is 69.0 Å². The fourth-order valence-corrected chi connectivity index (χ4v) is 18.0. The molecular formula is C93H78Cl7F8N21O6. The van der Waals surface area contributed by atoms with Gasteiger partial charge in [-0.2, -0.15) is 15.8 Å². The lowest BCUT2D eigenvalue weighted by Gasteiger charge is -2.36. The maximum Gasteiger partial charge on any atom is 0.276 e. The third kappa shape index (κ3) is 17.6. The first kappa shape index (κ1) is 99.0. The number of aromatic nitrogens is 9. The molecule has 3 aliphatic heterocycles. The van der Waals surface area contributed by atoms with Crippen molar-refractivity contribution in [1.29, 1.82) is 15.8 Å². The molecule has 696 valence electrons. The van der Waals surface area contributed by atoms with E-state index in [-0.39, 0.29) is 183 Å². The number of amides is 3. The fraction of sp³-hybridized carbons (Fsp3) is 0.258. The molecule has 0 spiro atoms. The molecule has 135 heavy (non-hydrogen) atoms. The van der Waals surface area contributed by atoms with Crippen LogP contribution in [0, 0.1) is 101 Å². The number of aryl methyl sites for hydroxylation is 3. The summed E-state index contributed by atoms with van der Waals surface area (Å²) in [6.07, 6.45) is 8.38. The van der Waals surface area contributed by atoms with Gasteiger partial charge in [-0.15, -0.1) is 0 Å². The van der Waals surface area contributed by atoms with Crippen molar-refractivity contribution in [2.24, 2.45) is 0 Å². The van der Waals surface area contributed by atoms with E-state index in [1.807, 2.05) is 53.7 Å². The van der Waals surface area contributed by atoms with Crippen LogP contribution in [0.15, 0.2) is 107 Å². The van der Waals surface area contributed by atoms with E-state index in [0.717, 1.165) is 9.13 Å². The predicted octanol–water partition coefficient (Wildman–Crippen LogP) is 18.2. The Morgan fingerprint density at radius 2 is 0.637 bits per heavy atom. The number of halogens is 15.